The van der Waals surface area contributed by atoms with E-state index in [0.29, 0.717) is 13.0 Å². The van der Waals surface area contributed by atoms with E-state index < -0.39 is 6.10 Å². The molecule has 0 fully saturated rings. The van der Waals surface area contributed by atoms with Crippen LogP contribution in [0, 0.1) is 13.8 Å². The van der Waals surface area contributed by atoms with E-state index in [0.717, 1.165) is 22.0 Å². The molecule has 0 aliphatic rings. The Morgan fingerprint density at radius 2 is 1.95 bits per heavy atom. The molecule has 1 unspecified atom stereocenters. The van der Waals surface area contributed by atoms with Gasteiger partial charge in [0.25, 0.3) is 5.91 Å². The molecule has 0 spiro atoms. The summed E-state index contributed by atoms with van der Waals surface area (Å²) in [6.07, 6.45) is 0.196. The summed E-state index contributed by atoms with van der Waals surface area (Å²) in [4.78, 5) is 15.0. The first-order chi connectivity index (χ1) is 9.91. The third-order valence-electron chi connectivity index (χ3n) is 3.58. The Kier molecular flexibility index (Phi) is 4.85. The smallest absolute Gasteiger partial charge is 0.265 e. The number of thiophene rings is 1. The predicted octanol–water partition coefficient (Wildman–Crippen LogP) is 3.00. The molecule has 2 aromatic rings. The van der Waals surface area contributed by atoms with Crippen LogP contribution in [0.1, 0.15) is 34.4 Å². The van der Waals surface area contributed by atoms with Crippen molar-refractivity contribution in [3.05, 3.63) is 39.8 Å². The van der Waals surface area contributed by atoms with Crippen LogP contribution in [-0.4, -0.2) is 40.2 Å². The molecule has 0 saturated carbocycles. The van der Waals surface area contributed by atoms with E-state index in [-0.39, 0.29) is 5.91 Å². The van der Waals surface area contributed by atoms with Gasteiger partial charge in [0.15, 0.2) is 0 Å². The molecule has 0 aliphatic heterocycles. The van der Waals surface area contributed by atoms with E-state index in [4.69, 9.17) is 0 Å². The molecule has 5 heteroatoms. The fraction of sp³-hybridized carbons (Fsp3) is 0.438. The van der Waals surface area contributed by atoms with Crippen molar-refractivity contribution >= 4 is 17.2 Å². The van der Waals surface area contributed by atoms with Gasteiger partial charge in [0.1, 0.15) is 4.88 Å². The van der Waals surface area contributed by atoms with Gasteiger partial charge in [-0.3, -0.25) is 4.79 Å². The summed E-state index contributed by atoms with van der Waals surface area (Å²) in [5, 5.41) is 11.3. The van der Waals surface area contributed by atoms with E-state index in [1.54, 1.807) is 18.9 Å². The summed E-state index contributed by atoms with van der Waals surface area (Å²) in [5.74, 6) is 0.00755. The van der Waals surface area contributed by atoms with Crippen LogP contribution in [0.4, 0.5) is 0 Å². The van der Waals surface area contributed by atoms with Crippen LogP contribution < -0.4 is 0 Å². The Morgan fingerprint density at radius 3 is 2.52 bits per heavy atom. The number of aromatic nitrogens is 1. The number of nitrogens with zero attached hydrogens (tertiary/aromatic N) is 2. The Bertz CT molecular complexity index is 609. The summed E-state index contributed by atoms with van der Waals surface area (Å²) in [5.41, 5.74) is 3.17. The van der Waals surface area contributed by atoms with Gasteiger partial charge in [-0.2, -0.15) is 0 Å². The van der Waals surface area contributed by atoms with E-state index in [9.17, 15) is 9.90 Å². The molecule has 0 bridgehead atoms. The first kappa shape index (κ1) is 15.8. The van der Waals surface area contributed by atoms with Crippen LogP contribution in [0.2, 0.25) is 0 Å². The molecule has 114 valence electrons. The van der Waals surface area contributed by atoms with E-state index >= 15 is 0 Å². The molecule has 4 nitrogen and oxygen atoms in total. The van der Waals surface area contributed by atoms with Crippen molar-refractivity contribution in [3.63, 3.8) is 0 Å². The third kappa shape index (κ3) is 3.36. The van der Waals surface area contributed by atoms with Crippen molar-refractivity contribution < 1.29 is 9.90 Å². The number of hydrogen-bond acceptors (Lipinski definition) is 3. The van der Waals surface area contributed by atoms with Crippen molar-refractivity contribution in [2.75, 3.05) is 13.6 Å². The summed E-state index contributed by atoms with van der Waals surface area (Å²) < 4.78 is 2.10. The Hall–Kier alpha value is -1.59. The molecular weight excluding hydrogens is 284 g/mol. The van der Waals surface area contributed by atoms with E-state index in [2.05, 4.69) is 16.7 Å². The van der Waals surface area contributed by atoms with Gasteiger partial charge in [0.2, 0.25) is 0 Å². The molecule has 2 aromatic heterocycles. The molecular formula is C16H22N2O2S. The van der Waals surface area contributed by atoms with Crippen LogP contribution in [0.3, 0.4) is 0 Å². The molecule has 0 aliphatic carbocycles. The number of aliphatic hydroxyl groups is 1. The largest absolute Gasteiger partial charge is 0.393 e. The topological polar surface area (TPSA) is 45.5 Å². The molecule has 0 aromatic carbocycles. The molecule has 2 heterocycles. The zero-order chi connectivity index (χ0) is 15.6. The van der Waals surface area contributed by atoms with Gasteiger partial charge in [-0.05, 0) is 50.8 Å². The lowest BCUT2D eigenvalue weighted by Gasteiger charge is -2.19. The average molecular weight is 306 g/mol. The highest BCUT2D eigenvalue weighted by atomic mass is 32.1. The van der Waals surface area contributed by atoms with Gasteiger partial charge in [-0.1, -0.05) is 0 Å². The van der Waals surface area contributed by atoms with Crippen molar-refractivity contribution in [2.45, 2.75) is 33.3 Å². The maximum Gasteiger partial charge on any atom is 0.265 e. The van der Waals surface area contributed by atoms with Gasteiger partial charge in [-0.25, -0.2) is 0 Å². The van der Waals surface area contributed by atoms with Gasteiger partial charge >= 0.3 is 0 Å². The lowest BCUT2D eigenvalue weighted by Crippen LogP contribution is -2.29. The quantitative estimate of drug-likeness (QED) is 0.923. The summed E-state index contributed by atoms with van der Waals surface area (Å²) in [6.45, 7) is 6.37. The summed E-state index contributed by atoms with van der Waals surface area (Å²) in [6, 6.07) is 6.09. The van der Waals surface area contributed by atoms with Gasteiger partial charge in [0.05, 0.1) is 11.8 Å². The fourth-order valence-corrected chi connectivity index (χ4v) is 3.21. The Labute approximate surface area is 129 Å². The van der Waals surface area contributed by atoms with E-state index in [1.165, 1.54) is 11.3 Å². The van der Waals surface area contributed by atoms with Crippen molar-refractivity contribution in [2.24, 2.45) is 0 Å². The molecule has 1 atom stereocenters. The second-order valence-corrected chi connectivity index (χ2v) is 6.37. The number of amides is 1. The highest BCUT2D eigenvalue weighted by Crippen LogP contribution is 2.26. The number of aliphatic hydroxyl groups excluding tert-OH is 1. The number of aryl methyl sites for hydroxylation is 2. The zero-order valence-corrected chi connectivity index (χ0v) is 13.8. The minimum atomic E-state index is -0.392. The number of rotatable bonds is 5. The first-order valence-electron chi connectivity index (χ1n) is 7.08. The number of carbonyl (C=O) groups is 1. The van der Waals surface area contributed by atoms with E-state index in [1.807, 2.05) is 25.3 Å². The lowest BCUT2D eigenvalue weighted by molar-refractivity contribution is 0.0773. The fourth-order valence-electron chi connectivity index (χ4n) is 2.34. The number of hydrogen-bond donors (Lipinski definition) is 1. The maximum atomic E-state index is 12.6. The van der Waals surface area contributed by atoms with Crippen LogP contribution in [-0.2, 0) is 0 Å². The zero-order valence-electron chi connectivity index (χ0n) is 13.0. The highest BCUT2D eigenvalue weighted by molar-refractivity contribution is 7.12. The Morgan fingerprint density at radius 1 is 1.33 bits per heavy atom. The predicted molar refractivity (Wildman–Crippen MR) is 86.4 cm³/mol. The van der Waals surface area contributed by atoms with Crippen molar-refractivity contribution in [3.8, 4) is 5.69 Å². The Balaban J connectivity index is 2.26. The molecule has 21 heavy (non-hydrogen) atoms. The monoisotopic (exact) mass is 306 g/mol. The minimum absolute atomic E-state index is 0.00755. The average Bonchev–Trinajstić information content (AvgIpc) is 3.02. The molecule has 1 N–H and O–H groups in total. The molecule has 0 radical (unpaired) electrons. The second kappa shape index (κ2) is 6.45. The molecule has 2 rings (SSSR count). The normalized spacial score (nSPS) is 12.4. The third-order valence-corrected chi connectivity index (χ3v) is 4.47. The van der Waals surface area contributed by atoms with Crippen LogP contribution >= 0.6 is 11.3 Å². The van der Waals surface area contributed by atoms with Crippen LogP contribution in [0.25, 0.3) is 5.69 Å². The maximum absolute atomic E-state index is 12.6. The first-order valence-corrected chi connectivity index (χ1v) is 7.96. The summed E-state index contributed by atoms with van der Waals surface area (Å²) in [7, 11) is 1.78. The van der Waals surface area contributed by atoms with Crippen molar-refractivity contribution in [1.29, 1.82) is 0 Å². The van der Waals surface area contributed by atoms with Crippen LogP contribution in [0.5, 0.6) is 0 Å². The summed E-state index contributed by atoms with van der Waals surface area (Å²) >= 11 is 1.46. The van der Waals surface area contributed by atoms with Gasteiger partial charge < -0.3 is 14.6 Å². The number of carbonyl (C=O) groups excluding carboxylic acids is 1. The SMILES string of the molecule is Cc1ccc(C)n1-c1ccsc1C(=O)N(C)CCC(C)O. The van der Waals surface area contributed by atoms with Gasteiger partial charge in [-0.15, -0.1) is 11.3 Å². The lowest BCUT2D eigenvalue weighted by atomic mass is 10.2. The van der Waals surface area contributed by atoms with Gasteiger partial charge in [0, 0.05) is 25.0 Å². The molecule has 1 amide bonds. The molecule has 0 saturated heterocycles. The standard InChI is InChI=1S/C16H22N2O2S/c1-11-5-6-12(2)18(11)14-8-10-21-15(14)16(20)17(4)9-7-13(3)19/h5-6,8,10,13,19H,7,9H2,1-4H3. The van der Waals surface area contributed by atoms with Crippen LogP contribution in [0.15, 0.2) is 23.6 Å². The second-order valence-electron chi connectivity index (χ2n) is 5.45. The minimum Gasteiger partial charge on any atom is -0.393 e. The van der Waals surface area contributed by atoms with Crippen molar-refractivity contribution in [1.82, 2.24) is 9.47 Å². The highest BCUT2D eigenvalue weighted by Gasteiger charge is 2.20.